The predicted molar refractivity (Wildman–Crippen MR) is 109 cm³/mol. The maximum atomic E-state index is 12.5. The van der Waals surface area contributed by atoms with E-state index in [9.17, 15) is 4.79 Å². The van der Waals surface area contributed by atoms with E-state index >= 15 is 0 Å². The number of amidine groups is 1. The van der Waals surface area contributed by atoms with Gasteiger partial charge in [0.2, 0.25) is 0 Å². The average Bonchev–Trinajstić information content (AvgIpc) is 2.90. The molecule has 3 rings (SSSR count). The summed E-state index contributed by atoms with van der Waals surface area (Å²) in [5, 5.41) is 1.36. The lowest BCUT2D eigenvalue weighted by molar-refractivity contribution is 0.509. The van der Waals surface area contributed by atoms with Crippen molar-refractivity contribution in [3.8, 4) is 0 Å². The first-order chi connectivity index (χ1) is 11.9. The summed E-state index contributed by atoms with van der Waals surface area (Å²) in [4.78, 5) is 26.7. The minimum absolute atomic E-state index is 0.0111. The molecule has 1 aliphatic rings. The van der Waals surface area contributed by atoms with Crippen molar-refractivity contribution in [2.24, 2.45) is 22.6 Å². The number of nitrogens with two attached hydrogens (primary N) is 1. The van der Waals surface area contributed by atoms with Gasteiger partial charge in [-0.05, 0) is 43.1 Å². The van der Waals surface area contributed by atoms with Gasteiger partial charge >= 0.3 is 0 Å². The van der Waals surface area contributed by atoms with Crippen LogP contribution in [0, 0.1) is 11.8 Å². The van der Waals surface area contributed by atoms with Gasteiger partial charge in [-0.3, -0.25) is 9.79 Å². The molecule has 5 nitrogen and oxygen atoms in total. The quantitative estimate of drug-likeness (QED) is 0.614. The molecule has 0 bridgehead atoms. The average molecular weight is 379 g/mol. The van der Waals surface area contributed by atoms with Crippen LogP contribution in [-0.2, 0) is 18.6 Å². The number of hydrogen-bond donors (Lipinski definition) is 2. The normalized spacial score (nSPS) is 18.1. The second-order valence-electron chi connectivity index (χ2n) is 7.24. The van der Waals surface area contributed by atoms with E-state index in [0.717, 1.165) is 42.4 Å². The van der Waals surface area contributed by atoms with Crippen LogP contribution in [0.5, 0.6) is 0 Å². The fourth-order valence-corrected chi connectivity index (χ4v) is 5.09. The maximum Gasteiger partial charge on any atom is 0.259 e. The number of aromatic nitrogens is 2. The molecular formula is C18H26N4OS2. The Morgan fingerprint density at radius 3 is 3.08 bits per heavy atom. The van der Waals surface area contributed by atoms with Crippen molar-refractivity contribution in [3.05, 3.63) is 26.6 Å². The number of hydrogen-bond acceptors (Lipinski definition) is 5. The lowest BCUT2D eigenvalue weighted by Crippen LogP contribution is -2.15. The molecule has 7 heteroatoms. The Labute approximate surface area is 156 Å². The summed E-state index contributed by atoms with van der Waals surface area (Å²) in [6, 6.07) is 0. The monoisotopic (exact) mass is 378 g/mol. The number of thiophene rings is 1. The maximum absolute atomic E-state index is 12.5. The zero-order chi connectivity index (χ0) is 18.0. The summed E-state index contributed by atoms with van der Waals surface area (Å²) in [5.74, 6) is 2.53. The van der Waals surface area contributed by atoms with Gasteiger partial charge in [-0.1, -0.05) is 32.5 Å². The summed E-state index contributed by atoms with van der Waals surface area (Å²) in [6.07, 6.45) is 4.24. The van der Waals surface area contributed by atoms with Crippen molar-refractivity contribution < 1.29 is 0 Å². The molecule has 2 aromatic heterocycles. The topological polar surface area (TPSA) is 84.1 Å². The number of fused-ring (bicyclic) bond motifs is 3. The SMILES string of the molecule is CC(C)CCN=C(N)SCc1nc2sc3c(c2c(=O)[nH]1)CC[C@@H](C)C3. The van der Waals surface area contributed by atoms with E-state index in [2.05, 4.69) is 35.7 Å². The van der Waals surface area contributed by atoms with Gasteiger partial charge in [0.15, 0.2) is 5.17 Å². The molecular weight excluding hydrogens is 352 g/mol. The van der Waals surface area contributed by atoms with Crippen LogP contribution in [0.4, 0.5) is 0 Å². The molecule has 1 aliphatic carbocycles. The molecule has 2 heterocycles. The zero-order valence-corrected chi connectivity index (χ0v) is 16.7. The molecule has 136 valence electrons. The minimum atomic E-state index is -0.0111. The summed E-state index contributed by atoms with van der Waals surface area (Å²) in [5.41, 5.74) is 7.16. The van der Waals surface area contributed by atoms with Gasteiger partial charge in [-0.2, -0.15) is 0 Å². The van der Waals surface area contributed by atoms with Crippen LogP contribution < -0.4 is 11.3 Å². The summed E-state index contributed by atoms with van der Waals surface area (Å²) < 4.78 is 0. The summed E-state index contributed by atoms with van der Waals surface area (Å²) >= 11 is 3.11. The van der Waals surface area contributed by atoms with Crippen LogP contribution in [0.3, 0.4) is 0 Å². The lowest BCUT2D eigenvalue weighted by atomic mass is 9.89. The number of aromatic amines is 1. The van der Waals surface area contributed by atoms with Crippen LogP contribution in [0.15, 0.2) is 9.79 Å². The van der Waals surface area contributed by atoms with Gasteiger partial charge in [0.1, 0.15) is 10.7 Å². The molecule has 1 atom stereocenters. The predicted octanol–water partition coefficient (Wildman–Crippen LogP) is 3.70. The second kappa shape index (κ2) is 7.91. The van der Waals surface area contributed by atoms with Gasteiger partial charge in [0.05, 0.1) is 11.1 Å². The van der Waals surface area contributed by atoms with Crippen molar-refractivity contribution >= 4 is 38.5 Å². The Morgan fingerprint density at radius 2 is 2.32 bits per heavy atom. The first-order valence-corrected chi connectivity index (χ1v) is 10.7. The largest absolute Gasteiger partial charge is 0.379 e. The third kappa shape index (κ3) is 4.44. The van der Waals surface area contributed by atoms with Crippen LogP contribution in [0.2, 0.25) is 0 Å². The van der Waals surface area contributed by atoms with Crippen molar-refractivity contribution in [2.45, 2.75) is 52.2 Å². The molecule has 0 saturated heterocycles. The lowest BCUT2D eigenvalue weighted by Gasteiger charge is -2.17. The van der Waals surface area contributed by atoms with Crippen molar-refractivity contribution in [1.82, 2.24) is 9.97 Å². The highest BCUT2D eigenvalue weighted by atomic mass is 32.2. The van der Waals surface area contributed by atoms with Gasteiger partial charge < -0.3 is 10.7 Å². The van der Waals surface area contributed by atoms with E-state index in [0.29, 0.717) is 28.6 Å². The van der Waals surface area contributed by atoms with Gasteiger partial charge in [0.25, 0.3) is 5.56 Å². The molecule has 0 aliphatic heterocycles. The van der Waals surface area contributed by atoms with Gasteiger partial charge in [0, 0.05) is 11.4 Å². The Morgan fingerprint density at radius 1 is 1.52 bits per heavy atom. The third-order valence-electron chi connectivity index (χ3n) is 4.55. The smallest absolute Gasteiger partial charge is 0.259 e. The highest BCUT2D eigenvalue weighted by Gasteiger charge is 2.22. The number of aliphatic imine (C=N–C) groups is 1. The van der Waals surface area contributed by atoms with Crippen LogP contribution in [0.1, 0.15) is 49.9 Å². The van der Waals surface area contributed by atoms with Gasteiger partial charge in [-0.25, -0.2) is 4.98 Å². The van der Waals surface area contributed by atoms with E-state index in [4.69, 9.17) is 5.73 Å². The Bertz CT molecular complexity index is 837. The van der Waals surface area contributed by atoms with E-state index < -0.39 is 0 Å². The van der Waals surface area contributed by atoms with E-state index in [1.807, 2.05) is 0 Å². The van der Waals surface area contributed by atoms with Gasteiger partial charge in [-0.15, -0.1) is 11.3 Å². The fraction of sp³-hybridized carbons (Fsp3) is 0.611. The molecule has 2 aromatic rings. The van der Waals surface area contributed by atoms with Crippen LogP contribution >= 0.6 is 23.1 Å². The van der Waals surface area contributed by atoms with Crippen molar-refractivity contribution in [1.29, 1.82) is 0 Å². The summed E-state index contributed by atoms with van der Waals surface area (Å²) in [6.45, 7) is 7.36. The van der Waals surface area contributed by atoms with Crippen LogP contribution in [0.25, 0.3) is 10.2 Å². The molecule has 25 heavy (non-hydrogen) atoms. The van der Waals surface area contributed by atoms with E-state index in [1.165, 1.54) is 22.2 Å². The first kappa shape index (κ1) is 18.5. The molecule has 3 N–H and O–H groups in total. The molecule has 0 spiro atoms. The number of nitrogens with one attached hydrogen (secondary N) is 1. The van der Waals surface area contributed by atoms with Crippen molar-refractivity contribution in [3.63, 3.8) is 0 Å². The first-order valence-electron chi connectivity index (χ1n) is 8.90. The molecule has 0 fully saturated rings. The van der Waals surface area contributed by atoms with Crippen molar-refractivity contribution in [2.75, 3.05) is 6.54 Å². The molecule has 0 amide bonds. The van der Waals surface area contributed by atoms with Crippen LogP contribution in [-0.4, -0.2) is 21.7 Å². The number of rotatable bonds is 5. The summed E-state index contributed by atoms with van der Waals surface area (Å²) in [7, 11) is 0. The third-order valence-corrected chi connectivity index (χ3v) is 6.54. The highest BCUT2D eigenvalue weighted by molar-refractivity contribution is 8.13. The fourth-order valence-electron chi connectivity index (χ4n) is 3.08. The number of thioether (sulfide) groups is 1. The number of aryl methyl sites for hydroxylation is 1. The highest BCUT2D eigenvalue weighted by Crippen LogP contribution is 2.35. The molecule has 0 radical (unpaired) electrons. The molecule has 0 saturated carbocycles. The second-order valence-corrected chi connectivity index (χ2v) is 9.31. The zero-order valence-electron chi connectivity index (χ0n) is 15.1. The van der Waals surface area contributed by atoms with E-state index in [-0.39, 0.29) is 5.56 Å². The standard InChI is InChI=1S/C18H26N4OS2/c1-10(2)6-7-20-18(19)24-9-14-21-16(23)15-12-5-4-11(3)8-13(12)25-17(15)22-14/h10-11H,4-9H2,1-3H3,(H2,19,20)(H,21,22,23)/t11-/m1/s1. The minimum Gasteiger partial charge on any atom is -0.379 e. The Kier molecular flexibility index (Phi) is 5.84. The number of H-pyrrole nitrogens is 1. The Hall–Kier alpha value is -1.34. The van der Waals surface area contributed by atoms with E-state index in [1.54, 1.807) is 11.3 Å². The molecule has 0 unspecified atom stereocenters. The Balaban J connectivity index is 1.74. The number of nitrogens with zero attached hydrogens (tertiary/aromatic N) is 2. The molecule has 0 aromatic carbocycles.